The van der Waals surface area contributed by atoms with Crippen molar-refractivity contribution >= 4 is 17.6 Å². The quantitative estimate of drug-likeness (QED) is 0.605. The summed E-state index contributed by atoms with van der Waals surface area (Å²) in [5.74, 6) is 0.480. The third-order valence-electron chi connectivity index (χ3n) is 6.13. The first-order valence-corrected chi connectivity index (χ1v) is 10.9. The Morgan fingerprint density at radius 3 is 2.26 bits per heavy atom. The normalized spacial score (nSPS) is 15.8. The number of carbonyl (C=O) groups is 2. The lowest BCUT2D eigenvalue weighted by Crippen LogP contribution is -2.62. The number of benzene rings is 2. The molecular formula is C25H32N2O4. The third-order valence-corrected chi connectivity index (χ3v) is 6.13. The SMILES string of the molecule is CCC(=O)N(c1ccccc1)C1(C(=O)OC)CCN(CCc2ccccc2OC)CC1. The van der Waals surface area contributed by atoms with Crippen molar-refractivity contribution in [2.75, 3.05) is 38.8 Å². The average molecular weight is 425 g/mol. The van der Waals surface area contributed by atoms with Crippen LogP contribution in [-0.2, 0) is 20.7 Å². The Morgan fingerprint density at radius 2 is 1.65 bits per heavy atom. The molecular weight excluding hydrogens is 392 g/mol. The number of para-hydroxylation sites is 2. The number of ether oxygens (including phenoxy) is 2. The monoisotopic (exact) mass is 424 g/mol. The number of hydrogen-bond acceptors (Lipinski definition) is 5. The molecule has 1 amide bonds. The summed E-state index contributed by atoms with van der Waals surface area (Å²) in [6.45, 7) is 4.12. The van der Waals surface area contributed by atoms with E-state index in [9.17, 15) is 9.59 Å². The number of amides is 1. The van der Waals surface area contributed by atoms with Gasteiger partial charge in [0, 0.05) is 31.7 Å². The number of carbonyl (C=O) groups excluding carboxylic acids is 2. The van der Waals surface area contributed by atoms with E-state index in [1.54, 1.807) is 12.0 Å². The number of hydrogen-bond donors (Lipinski definition) is 0. The molecule has 1 fully saturated rings. The van der Waals surface area contributed by atoms with Crippen LogP contribution in [0.4, 0.5) is 5.69 Å². The van der Waals surface area contributed by atoms with Gasteiger partial charge in [0.1, 0.15) is 11.3 Å². The van der Waals surface area contributed by atoms with Crippen molar-refractivity contribution in [3.05, 3.63) is 60.2 Å². The van der Waals surface area contributed by atoms with Gasteiger partial charge in [0.15, 0.2) is 0 Å². The Hall–Kier alpha value is -2.86. The number of piperidine rings is 1. The van der Waals surface area contributed by atoms with Crippen molar-refractivity contribution in [1.29, 1.82) is 0 Å². The van der Waals surface area contributed by atoms with Gasteiger partial charge in [0.25, 0.3) is 0 Å². The molecule has 0 unspecified atom stereocenters. The molecule has 0 radical (unpaired) electrons. The lowest BCUT2D eigenvalue weighted by atomic mass is 9.84. The minimum atomic E-state index is -0.982. The Bertz CT molecular complexity index is 876. The average Bonchev–Trinajstić information content (AvgIpc) is 2.83. The molecule has 0 aromatic heterocycles. The Balaban J connectivity index is 1.78. The minimum absolute atomic E-state index is 0.0703. The van der Waals surface area contributed by atoms with Crippen LogP contribution in [0, 0.1) is 0 Å². The highest BCUT2D eigenvalue weighted by atomic mass is 16.5. The first kappa shape index (κ1) is 22.8. The van der Waals surface area contributed by atoms with Gasteiger partial charge in [-0.2, -0.15) is 0 Å². The lowest BCUT2D eigenvalue weighted by molar-refractivity contribution is -0.151. The maximum atomic E-state index is 13.0. The van der Waals surface area contributed by atoms with Gasteiger partial charge in [-0.3, -0.25) is 9.69 Å². The summed E-state index contributed by atoms with van der Waals surface area (Å²) >= 11 is 0. The zero-order valence-corrected chi connectivity index (χ0v) is 18.7. The first-order chi connectivity index (χ1) is 15.1. The molecule has 1 aliphatic heterocycles. The van der Waals surface area contributed by atoms with Crippen LogP contribution in [0.25, 0.3) is 0 Å². The number of anilines is 1. The second-order valence-corrected chi connectivity index (χ2v) is 7.84. The zero-order chi connectivity index (χ0) is 22.3. The highest BCUT2D eigenvalue weighted by molar-refractivity contribution is 6.02. The summed E-state index contributed by atoms with van der Waals surface area (Å²) in [4.78, 5) is 30.1. The van der Waals surface area contributed by atoms with Crippen molar-refractivity contribution in [3.8, 4) is 5.75 Å². The fourth-order valence-corrected chi connectivity index (χ4v) is 4.41. The second kappa shape index (κ2) is 10.4. The minimum Gasteiger partial charge on any atom is -0.496 e. The van der Waals surface area contributed by atoms with E-state index in [4.69, 9.17) is 9.47 Å². The Kier molecular flexibility index (Phi) is 7.69. The molecule has 0 spiro atoms. The molecule has 6 heteroatoms. The van der Waals surface area contributed by atoms with Gasteiger partial charge in [-0.05, 0) is 43.0 Å². The highest BCUT2D eigenvalue weighted by Gasteiger charge is 2.49. The molecule has 2 aromatic rings. The largest absolute Gasteiger partial charge is 0.496 e. The van der Waals surface area contributed by atoms with E-state index in [1.165, 1.54) is 12.7 Å². The predicted molar refractivity (Wildman–Crippen MR) is 121 cm³/mol. The van der Waals surface area contributed by atoms with Crippen LogP contribution in [-0.4, -0.2) is 56.2 Å². The van der Waals surface area contributed by atoms with Crippen LogP contribution < -0.4 is 9.64 Å². The molecule has 1 saturated heterocycles. The van der Waals surface area contributed by atoms with Gasteiger partial charge in [-0.25, -0.2) is 4.79 Å². The van der Waals surface area contributed by atoms with Crippen molar-refractivity contribution in [1.82, 2.24) is 4.90 Å². The summed E-state index contributed by atoms with van der Waals surface area (Å²) in [5, 5.41) is 0. The molecule has 166 valence electrons. The fourth-order valence-electron chi connectivity index (χ4n) is 4.41. The van der Waals surface area contributed by atoms with E-state index in [1.807, 2.05) is 55.5 Å². The number of rotatable bonds is 8. The van der Waals surface area contributed by atoms with Crippen molar-refractivity contribution in [2.45, 2.75) is 38.1 Å². The van der Waals surface area contributed by atoms with Crippen LogP contribution >= 0.6 is 0 Å². The lowest BCUT2D eigenvalue weighted by Gasteiger charge is -2.46. The fraction of sp³-hybridized carbons (Fsp3) is 0.440. The summed E-state index contributed by atoms with van der Waals surface area (Å²) in [6, 6.07) is 17.5. The third kappa shape index (κ3) is 4.90. The maximum absolute atomic E-state index is 13.0. The van der Waals surface area contributed by atoms with Crippen LogP contribution in [0.15, 0.2) is 54.6 Å². The predicted octanol–water partition coefficient (Wildman–Crippen LogP) is 3.69. The molecule has 0 saturated carbocycles. The van der Waals surface area contributed by atoms with Crippen LogP contribution in [0.1, 0.15) is 31.7 Å². The van der Waals surface area contributed by atoms with E-state index < -0.39 is 5.54 Å². The maximum Gasteiger partial charge on any atom is 0.332 e. The molecule has 1 aliphatic rings. The van der Waals surface area contributed by atoms with E-state index >= 15 is 0 Å². The number of esters is 1. The molecule has 2 aromatic carbocycles. The second-order valence-electron chi connectivity index (χ2n) is 7.84. The summed E-state index contributed by atoms with van der Waals surface area (Å²) in [6.07, 6.45) is 2.26. The van der Waals surface area contributed by atoms with Gasteiger partial charge in [0.05, 0.1) is 14.2 Å². The Morgan fingerprint density at radius 1 is 1.00 bits per heavy atom. The van der Waals surface area contributed by atoms with Crippen molar-refractivity contribution in [3.63, 3.8) is 0 Å². The molecule has 1 heterocycles. The van der Waals surface area contributed by atoms with Crippen molar-refractivity contribution < 1.29 is 19.1 Å². The zero-order valence-electron chi connectivity index (χ0n) is 18.7. The first-order valence-electron chi connectivity index (χ1n) is 10.9. The van der Waals surface area contributed by atoms with Crippen molar-refractivity contribution in [2.24, 2.45) is 0 Å². The summed E-state index contributed by atoms with van der Waals surface area (Å²) in [5.41, 5.74) is 0.925. The highest BCUT2D eigenvalue weighted by Crippen LogP contribution is 2.35. The molecule has 6 nitrogen and oxygen atoms in total. The van der Waals surface area contributed by atoms with Gasteiger partial charge in [-0.1, -0.05) is 43.3 Å². The number of likely N-dealkylation sites (tertiary alicyclic amines) is 1. The van der Waals surface area contributed by atoms with Gasteiger partial charge in [-0.15, -0.1) is 0 Å². The molecule has 0 aliphatic carbocycles. The number of methoxy groups -OCH3 is 2. The van der Waals surface area contributed by atoms with Gasteiger partial charge >= 0.3 is 5.97 Å². The summed E-state index contributed by atoms with van der Waals surface area (Å²) < 4.78 is 10.7. The van der Waals surface area contributed by atoms with Crippen LogP contribution in [0.3, 0.4) is 0 Å². The van der Waals surface area contributed by atoms with Gasteiger partial charge < -0.3 is 14.4 Å². The van der Waals surface area contributed by atoms with E-state index in [2.05, 4.69) is 11.0 Å². The smallest absolute Gasteiger partial charge is 0.332 e. The van der Waals surface area contributed by atoms with Gasteiger partial charge in [0.2, 0.25) is 5.91 Å². The summed E-state index contributed by atoms with van der Waals surface area (Å²) in [7, 11) is 3.09. The van der Waals surface area contributed by atoms with E-state index in [0.717, 1.165) is 24.4 Å². The Labute approximate surface area is 184 Å². The van der Waals surface area contributed by atoms with E-state index in [0.29, 0.717) is 32.4 Å². The standard InChI is InChI=1S/C25H32N2O4/c1-4-23(28)27(21-11-6-5-7-12-21)25(24(29)31-3)15-18-26(19-16-25)17-14-20-10-8-9-13-22(20)30-2/h5-13H,4,14-19H2,1-3H3. The molecule has 0 bridgehead atoms. The van der Waals surface area contributed by atoms with Crippen LogP contribution in [0.2, 0.25) is 0 Å². The topological polar surface area (TPSA) is 59.1 Å². The number of nitrogens with zero attached hydrogens (tertiary/aromatic N) is 2. The molecule has 0 atom stereocenters. The van der Waals surface area contributed by atoms with Crippen LogP contribution in [0.5, 0.6) is 5.75 Å². The molecule has 0 N–H and O–H groups in total. The van der Waals surface area contributed by atoms with E-state index in [-0.39, 0.29) is 11.9 Å². The molecule has 3 rings (SSSR count). The molecule has 31 heavy (non-hydrogen) atoms.